The third-order valence-electron chi connectivity index (χ3n) is 3.31. The van der Waals surface area contributed by atoms with Crippen molar-refractivity contribution in [3.05, 3.63) is 37.9 Å². The Morgan fingerprint density at radius 3 is 2.22 bits per heavy atom. The van der Waals surface area contributed by atoms with Gasteiger partial charge in [0.25, 0.3) is 5.69 Å². The lowest BCUT2D eigenvalue weighted by Gasteiger charge is -2.11. The maximum absolute atomic E-state index is 10.8. The zero-order valence-electron chi connectivity index (χ0n) is 9.54. The van der Waals surface area contributed by atoms with E-state index in [1.807, 2.05) is 0 Å². The Balaban J connectivity index is 2.55. The number of nitrogens with zero attached hydrogens (tertiary/aromatic N) is 2. The fourth-order valence-corrected chi connectivity index (χ4v) is 2.42. The molecule has 0 radical (unpaired) electrons. The van der Waals surface area contributed by atoms with Crippen LogP contribution in [-0.2, 0) is 0 Å². The maximum atomic E-state index is 10.8. The van der Waals surface area contributed by atoms with Crippen molar-refractivity contribution >= 4 is 11.4 Å². The van der Waals surface area contributed by atoms with Crippen molar-refractivity contribution in [2.45, 2.75) is 31.6 Å². The van der Waals surface area contributed by atoms with E-state index in [-0.39, 0.29) is 11.6 Å². The number of phenolic OH excluding ortho intramolecular Hbond substituents is 1. The van der Waals surface area contributed by atoms with Crippen LogP contribution in [0.3, 0.4) is 0 Å². The van der Waals surface area contributed by atoms with Gasteiger partial charge in [0.15, 0.2) is 5.75 Å². The van der Waals surface area contributed by atoms with Gasteiger partial charge in [-0.3, -0.25) is 20.2 Å². The van der Waals surface area contributed by atoms with E-state index in [9.17, 15) is 25.3 Å². The lowest BCUT2D eigenvalue weighted by Crippen LogP contribution is -2.00. The normalized spacial score (nSPS) is 15.8. The molecule has 7 nitrogen and oxygen atoms in total. The first-order valence-electron chi connectivity index (χ1n) is 5.66. The summed E-state index contributed by atoms with van der Waals surface area (Å²) in [7, 11) is 0. The van der Waals surface area contributed by atoms with Crippen LogP contribution in [-0.4, -0.2) is 15.0 Å². The van der Waals surface area contributed by atoms with Crippen LogP contribution in [0.25, 0.3) is 0 Å². The molecule has 1 aliphatic carbocycles. The molecule has 1 fully saturated rings. The third kappa shape index (κ3) is 2.11. The lowest BCUT2D eigenvalue weighted by molar-refractivity contribution is -0.394. The van der Waals surface area contributed by atoms with Crippen molar-refractivity contribution in [3.63, 3.8) is 0 Å². The van der Waals surface area contributed by atoms with Crippen LogP contribution in [0.1, 0.15) is 37.2 Å². The molecule has 1 N–H and O–H groups in total. The van der Waals surface area contributed by atoms with Crippen LogP contribution < -0.4 is 0 Å². The van der Waals surface area contributed by atoms with Crippen molar-refractivity contribution in [2.75, 3.05) is 0 Å². The first-order valence-corrected chi connectivity index (χ1v) is 5.66. The molecule has 1 aromatic rings. The molecule has 0 saturated heterocycles. The minimum Gasteiger partial charge on any atom is -0.502 e. The van der Waals surface area contributed by atoms with Crippen LogP contribution in [0.2, 0.25) is 0 Å². The van der Waals surface area contributed by atoms with Crippen LogP contribution >= 0.6 is 0 Å². The minimum atomic E-state index is -0.791. The molecule has 0 spiro atoms. The SMILES string of the molecule is O=[N+]([O-])c1cc(C2CCCC2)c(O)c([N+](=O)[O-])c1. The summed E-state index contributed by atoms with van der Waals surface area (Å²) in [5.74, 6) is -0.457. The number of nitro benzene ring substituents is 2. The Kier molecular flexibility index (Phi) is 3.14. The van der Waals surface area contributed by atoms with Crippen molar-refractivity contribution in [1.29, 1.82) is 0 Å². The van der Waals surface area contributed by atoms with E-state index in [2.05, 4.69) is 0 Å². The molecule has 0 amide bonds. The van der Waals surface area contributed by atoms with Gasteiger partial charge < -0.3 is 5.11 Å². The van der Waals surface area contributed by atoms with Gasteiger partial charge in [-0.15, -0.1) is 0 Å². The Bertz CT molecular complexity index is 508. The number of hydrogen-bond donors (Lipinski definition) is 1. The molecular formula is C11H12N2O5. The molecule has 96 valence electrons. The average molecular weight is 252 g/mol. The maximum Gasteiger partial charge on any atom is 0.317 e. The number of phenols is 1. The Hall–Kier alpha value is -2.18. The highest BCUT2D eigenvalue weighted by Gasteiger charge is 2.29. The van der Waals surface area contributed by atoms with E-state index in [1.54, 1.807) is 0 Å². The smallest absolute Gasteiger partial charge is 0.317 e. The number of rotatable bonds is 3. The highest BCUT2D eigenvalue weighted by Crippen LogP contribution is 2.44. The molecule has 1 aliphatic rings. The quantitative estimate of drug-likeness (QED) is 0.657. The Morgan fingerprint density at radius 1 is 1.11 bits per heavy atom. The molecule has 18 heavy (non-hydrogen) atoms. The number of aromatic hydroxyl groups is 1. The molecular weight excluding hydrogens is 240 g/mol. The number of nitro groups is 2. The standard InChI is InChI=1S/C11H12N2O5/c14-11-9(7-3-1-2-4-7)5-8(12(15)16)6-10(11)13(17)18/h5-7,14H,1-4H2. The predicted octanol–water partition coefficient (Wildman–Crippen LogP) is 2.87. The minimum absolute atomic E-state index is 0.0244. The van der Waals surface area contributed by atoms with E-state index < -0.39 is 21.3 Å². The molecule has 7 heteroatoms. The molecule has 2 rings (SSSR count). The van der Waals surface area contributed by atoms with E-state index in [1.165, 1.54) is 6.07 Å². The van der Waals surface area contributed by atoms with E-state index >= 15 is 0 Å². The van der Waals surface area contributed by atoms with Crippen molar-refractivity contribution in [3.8, 4) is 5.75 Å². The van der Waals surface area contributed by atoms with Crippen molar-refractivity contribution in [2.24, 2.45) is 0 Å². The summed E-state index contributed by atoms with van der Waals surface area (Å²) in [4.78, 5) is 20.1. The van der Waals surface area contributed by atoms with Gasteiger partial charge in [-0.05, 0) is 18.8 Å². The Labute approximate surface area is 102 Å². The Morgan fingerprint density at radius 2 is 1.72 bits per heavy atom. The summed E-state index contributed by atoms with van der Waals surface area (Å²) in [5.41, 5.74) is -0.610. The highest BCUT2D eigenvalue weighted by molar-refractivity contribution is 5.59. The average Bonchev–Trinajstić information content (AvgIpc) is 2.81. The zero-order chi connectivity index (χ0) is 13.3. The van der Waals surface area contributed by atoms with Gasteiger partial charge in [-0.1, -0.05) is 12.8 Å². The fraction of sp³-hybridized carbons (Fsp3) is 0.455. The molecule has 0 bridgehead atoms. The molecule has 0 aromatic heterocycles. The summed E-state index contributed by atoms with van der Waals surface area (Å²) in [6.45, 7) is 0. The second kappa shape index (κ2) is 4.59. The van der Waals surface area contributed by atoms with Crippen molar-refractivity contribution < 1.29 is 15.0 Å². The molecule has 0 atom stereocenters. The molecule has 1 saturated carbocycles. The highest BCUT2D eigenvalue weighted by atomic mass is 16.6. The summed E-state index contributed by atoms with van der Waals surface area (Å²) < 4.78 is 0. The first kappa shape index (κ1) is 12.3. The van der Waals surface area contributed by atoms with Crippen molar-refractivity contribution in [1.82, 2.24) is 0 Å². The predicted molar refractivity (Wildman–Crippen MR) is 62.6 cm³/mol. The van der Waals surface area contributed by atoms with E-state index in [4.69, 9.17) is 0 Å². The summed E-state index contributed by atoms with van der Waals surface area (Å²) >= 11 is 0. The van der Waals surface area contributed by atoms with Crippen LogP contribution in [0.4, 0.5) is 11.4 Å². The van der Waals surface area contributed by atoms with E-state index in [0.717, 1.165) is 31.7 Å². The largest absolute Gasteiger partial charge is 0.502 e. The molecule has 0 heterocycles. The van der Waals surface area contributed by atoms with Gasteiger partial charge in [-0.25, -0.2) is 0 Å². The number of benzene rings is 1. The topological polar surface area (TPSA) is 107 Å². The van der Waals surface area contributed by atoms with Crippen LogP contribution in [0.5, 0.6) is 5.75 Å². The summed E-state index contributed by atoms with van der Waals surface area (Å²) in [6.07, 6.45) is 3.54. The second-order valence-electron chi connectivity index (χ2n) is 4.40. The van der Waals surface area contributed by atoms with Gasteiger partial charge in [0.05, 0.1) is 15.9 Å². The van der Waals surface area contributed by atoms with Crippen LogP contribution in [0, 0.1) is 20.2 Å². The molecule has 1 aromatic carbocycles. The number of non-ortho nitro benzene ring substituents is 1. The molecule has 0 aliphatic heterocycles. The van der Waals surface area contributed by atoms with Gasteiger partial charge >= 0.3 is 5.69 Å². The summed E-state index contributed by atoms with van der Waals surface area (Å²) in [6, 6.07) is 2.05. The molecule has 0 unspecified atom stereocenters. The van der Waals surface area contributed by atoms with Crippen LogP contribution in [0.15, 0.2) is 12.1 Å². The van der Waals surface area contributed by atoms with Gasteiger partial charge in [0.2, 0.25) is 0 Å². The first-order chi connectivity index (χ1) is 8.50. The second-order valence-corrected chi connectivity index (χ2v) is 4.40. The fourth-order valence-electron chi connectivity index (χ4n) is 2.42. The monoisotopic (exact) mass is 252 g/mol. The van der Waals surface area contributed by atoms with Gasteiger partial charge in [-0.2, -0.15) is 0 Å². The van der Waals surface area contributed by atoms with Gasteiger partial charge in [0, 0.05) is 11.6 Å². The van der Waals surface area contributed by atoms with E-state index in [0.29, 0.717) is 5.56 Å². The lowest BCUT2D eigenvalue weighted by atomic mass is 9.95. The number of hydrogen-bond acceptors (Lipinski definition) is 5. The summed E-state index contributed by atoms with van der Waals surface area (Å²) in [5, 5.41) is 31.4. The zero-order valence-corrected chi connectivity index (χ0v) is 9.54. The van der Waals surface area contributed by atoms with Gasteiger partial charge in [0.1, 0.15) is 0 Å². The third-order valence-corrected chi connectivity index (χ3v) is 3.31.